The second-order valence-electron chi connectivity index (χ2n) is 3.14. The zero-order chi connectivity index (χ0) is 10.9. The van der Waals surface area contributed by atoms with Gasteiger partial charge in [0.1, 0.15) is 11.6 Å². The number of nitrogens with zero attached hydrogens (tertiary/aromatic N) is 1. The van der Waals surface area contributed by atoms with Crippen molar-refractivity contribution < 1.29 is 4.74 Å². The molecule has 1 aromatic heterocycles. The van der Waals surface area contributed by atoms with Crippen LogP contribution < -0.4 is 10.6 Å². The van der Waals surface area contributed by atoms with E-state index in [9.17, 15) is 0 Å². The second-order valence-corrected chi connectivity index (χ2v) is 3.14. The number of rotatable bonds is 7. The highest BCUT2D eigenvalue weighted by atomic mass is 16.5. The molecule has 0 atom stereocenters. The van der Waals surface area contributed by atoms with Gasteiger partial charge in [-0.3, -0.25) is 0 Å². The van der Waals surface area contributed by atoms with Crippen LogP contribution in [0.1, 0.15) is 13.3 Å². The van der Waals surface area contributed by atoms with Gasteiger partial charge in [-0.25, -0.2) is 4.98 Å². The fraction of sp³-hybridized carbons (Fsp3) is 0.545. The monoisotopic (exact) mass is 209 g/mol. The molecule has 15 heavy (non-hydrogen) atoms. The van der Waals surface area contributed by atoms with Gasteiger partial charge < -0.3 is 15.4 Å². The van der Waals surface area contributed by atoms with Gasteiger partial charge in [0.2, 0.25) is 0 Å². The third-order valence-corrected chi connectivity index (χ3v) is 1.98. The molecule has 0 saturated heterocycles. The Morgan fingerprint density at radius 2 is 2.13 bits per heavy atom. The highest BCUT2D eigenvalue weighted by Crippen LogP contribution is 2.07. The third-order valence-electron chi connectivity index (χ3n) is 1.98. The molecule has 0 amide bonds. The second kappa shape index (κ2) is 7.06. The van der Waals surface area contributed by atoms with Gasteiger partial charge in [0.05, 0.1) is 0 Å². The average Bonchev–Trinajstić information content (AvgIpc) is 2.29. The van der Waals surface area contributed by atoms with Gasteiger partial charge >= 0.3 is 0 Å². The first-order valence-electron chi connectivity index (χ1n) is 5.33. The van der Waals surface area contributed by atoms with Gasteiger partial charge in [-0.2, -0.15) is 0 Å². The van der Waals surface area contributed by atoms with E-state index in [4.69, 9.17) is 4.74 Å². The summed E-state index contributed by atoms with van der Waals surface area (Å²) in [6.45, 7) is 4.48. The molecule has 0 aliphatic rings. The van der Waals surface area contributed by atoms with Crippen molar-refractivity contribution in [2.24, 2.45) is 0 Å². The molecule has 0 aromatic carbocycles. The molecule has 0 bridgehead atoms. The first kappa shape index (κ1) is 11.8. The van der Waals surface area contributed by atoms with Crippen LogP contribution in [0.25, 0.3) is 0 Å². The van der Waals surface area contributed by atoms with Crippen LogP contribution in [0.15, 0.2) is 18.2 Å². The standard InChI is InChI=1S/C11H19N3O/c1-3-15-9-5-8-13-11-7-4-6-10(12-2)14-11/h4,6-7H,3,5,8-9H2,1-2H3,(H2,12,13,14). The van der Waals surface area contributed by atoms with Crippen LogP contribution in [-0.4, -0.2) is 31.8 Å². The largest absolute Gasteiger partial charge is 0.382 e. The zero-order valence-electron chi connectivity index (χ0n) is 9.42. The Hall–Kier alpha value is -1.29. The number of ether oxygens (including phenoxy) is 1. The van der Waals surface area contributed by atoms with Crippen molar-refractivity contribution in [1.82, 2.24) is 4.98 Å². The molecule has 1 rings (SSSR count). The highest BCUT2D eigenvalue weighted by Gasteiger charge is 1.94. The minimum absolute atomic E-state index is 0.785. The van der Waals surface area contributed by atoms with Crippen molar-refractivity contribution in [3.63, 3.8) is 0 Å². The molecular weight excluding hydrogens is 190 g/mol. The van der Waals surface area contributed by atoms with Crippen LogP contribution in [0.3, 0.4) is 0 Å². The summed E-state index contributed by atoms with van der Waals surface area (Å²) >= 11 is 0. The molecular formula is C11H19N3O. The van der Waals surface area contributed by atoms with E-state index in [1.165, 1.54) is 0 Å². The first-order chi connectivity index (χ1) is 7.36. The zero-order valence-corrected chi connectivity index (χ0v) is 9.42. The predicted molar refractivity (Wildman–Crippen MR) is 63.4 cm³/mol. The van der Waals surface area contributed by atoms with Crippen molar-refractivity contribution in [2.45, 2.75) is 13.3 Å². The molecule has 84 valence electrons. The fourth-order valence-electron chi connectivity index (χ4n) is 1.21. The van der Waals surface area contributed by atoms with E-state index in [0.29, 0.717) is 0 Å². The third kappa shape index (κ3) is 4.65. The summed E-state index contributed by atoms with van der Waals surface area (Å²) in [5.74, 6) is 1.78. The minimum Gasteiger partial charge on any atom is -0.382 e. The topological polar surface area (TPSA) is 46.2 Å². The lowest BCUT2D eigenvalue weighted by Crippen LogP contribution is -2.07. The number of anilines is 2. The summed E-state index contributed by atoms with van der Waals surface area (Å²) in [5.41, 5.74) is 0. The number of hydrogen-bond acceptors (Lipinski definition) is 4. The van der Waals surface area contributed by atoms with Crippen molar-refractivity contribution in [3.8, 4) is 0 Å². The Labute approximate surface area is 91.1 Å². The Bertz CT molecular complexity index is 278. The maximum atomic E-state index is 5.24. The summed E-state index contributed by atoms with van der Waals surface area (Å²) in [6.07, 6.45) is 0.999. The number of nitrogens with one attached hydrogen (secondary N) is 2. The lowest BCUT2D eigenvalue weighted by Gasteiger charge is -2.07. The fourth-order valence-corrected chi connectivity index (χ4v) is 1.21. The summed E-state index contributed by atoms with van der Waals surface area (Å²) in [4.78, 5) is 4.35. The molecule has 0 aliphatic heterocycles. The predicted octanol–water partition coefficient (Wildman–Crippen LogP) is 1.96. The Morgan fingerprint density at radius 1 is 1.33 bits per heavy atom. The Kier molecular flexibility index (Phi) is 5.55. The molecule has 2 N–H and O–H groups in total. The smallest absolute Gasteiger partial charge is 0.128 e. The molecule has 4 heteroatoms. The van der Waals surface area contributed by atoms with Crippen LogP contribution in [0.4, 0.5) is 11.6 Å². The maximum absolute atomic E-state index is 5.24. The SMILES string of the molecule is CCOCCCNc1cccc(NC)n1. The van der Waals surface area contributed by atoms with Crippen LogP contribution in [0, 0.1) is 0 Å². The lowest BCUT2D eigenvalue weighted by atomic mass is 10.4. The maximum Gasteiger partial charge on any atom is 0.128 e. The van der Waals surface area contributed by atoms with Crippen LogP contribution in [-0.2, 0) is 4.74 Å². The summed E-state index contributed by atoms with van der Waals surface area (Å²) in [5, 5.41) is 6.25. The van der Waals surface area contributed by atoms with E-state index in [-0.39, 0.29) is 0 Å². The van der Waals surface area contributed by atoms with E-state index in [1.54, 1.807) is 0 Å². The van der Waals surface area contributed by atoms with Crippen molar-refractivity contribution >= 4 is 11.6 Å². The molecule has 0 spiro atoms. The van der Waals surface area contributed by atoms with Gasteiger partial charge in [0, 0.05) is 26.8 Å². The van der Waals surface area contributed by atoms with Gasteiger partial charge in [0.15, 0.2) is 0 Å². The Morgan fingerprint density at radius 3 is 2.87 bits per heavy atom. The van der Waals surface area contributed by atoms with E-state index >= 15 is 0 Å². The molecule has 4 nitrogen and oxygen atoms in total. The van der Waals surface area contributed by atoms with Gasteiger partial charge in [-0.05, 0) is 25.5 Å². The summed E-state index contributed by atoms with van der Waals surface area (Å²) in [7, 11) is 1.86. The van der Waals surface area contributed by atoms with E-state index < -0.39 is 0 Å². The number of pyridine rings is 1. The van der Waals surface area contributed by atoms with Crippen molar-refractivity contribution in [2.75, 3.05) is 37.4 Å². The van der Waals surface area contributed by atoms with Crippen molar-refractivity contribution in [1.29, 1.82) is 0 Å². The Balaban J connectivity index is 2.24. The van der Waals surface area contributed by atoms with E-state index in [1.807, 2.05) is 32.2 Å². The van der Waals surface area contributed by atoms with Crippen LogP contribution in [0.5, 0.6) is 0 Å². The molecule has 0 aliphatic carbocycles. The van der Waals surface area contributed by atoms with Crippen LogP contribution in [0.2, 0.25) is 0 Å². The minimum atomic E-state index is 0.785. The molecule has 0 saturated carbocycles. The summed E-state index contributed by atoms with van der Waals surface area (Å²) in [6, 6.07) is 5.87. The van der Waals surface area contributed by atoms with Gasteiger partial charge in [0.25, 0.3) is 0 Å². The molecule has 0 unspecified atom stereocenters. The summed E-state index contributed by atoms with van der Waals surface area (Å²) < 4.78 is 5.24. The quantitative estimate of drug-likeness (QED) is 0.674. The molecule has 0 radical (unpaired) electrons. The lowest BCUT2D eigenvalue weighted by molar-refractivity contribution is 0.147. The molecule has 1 heterocycles. The van der Waals surface area contributed by atoms with Crippen LogP contribution >= 0.6 is 0 Å². The number of hydrogen-bond donors (Lipinski definition) is 2. The van der Waals surface area contributed by atoms with E-state index in [0.717, 1.165) is 37.8 Å². The number of aromatic nitrogens is 1. The molecule has 0 fully saturated rings. The molecule has 1 aromatic rings. The normalized spacial score (nSPS) is 10.0. The van der Waals surface area contributed by atoms with Crippen molar-refractivity contribution in [3.05, 3.63) is 18.2 Å². The van der Waals surface area contributed by atoms with Gasteiger partial charge in [-0.1, -0.05) is 6.07 Å². The highest BCUT2D eigenvalue weighted by molar-refractivity contribution is 5.44. The average molecular weight is 209 g/mol. The van der Waals surface area contributed by atoms with E-state index in [2.05, 4.69) is 15.6 Å². The first-order valence-corrected chi connectivity index (χ1v) is 5.33. The van der Waals surface area contributed by atoms with Gasteiger partial charge in [-0.15, -0.1) is 0 Å².